The third-order valence-corrected chi connectivity index (χ3v) is 5.03. The Labute approximate surface area is 114 Å². The minimum Gasteiger partial charge on any atom is -0.153 e. The second kappa shape index (κ2) is 6.50. The first-order chi connectivity index (χ1) is 7.46. The highest BCUT2D eigenvalue weighted by Crippen LogP contribution is 2.42. The molecule has 104 valence electrons. The molecule has 0 spiro atoms. The Morgan fingerprint density at radius 1 is 0.824 bits per heavy atom. The topological polar surface area (TPSA) is 0 Å². The van der Waals surface area contributed by atoms with Gasteiger partial charge in [-0.25, -0.2) is 0 Å². The van der Waals surface area contributed by atoms with Crippen LogP contribution in [0.15, 0.2) is 0 Å². The third kappa shape index (κ3) is 7.39. The van der Waals surface area contributed by atoms with Crippen LogP contribution in [0.1, 0.15) is 75.2 Å². The lowest BCUT2D eigenvalue weighted by Gasteiger charge is -2.38. The highest BCUT2D eigenvalue weighted by Gasteiger charge is 2.32. The zero-order chi connectivity index (χ0) is 13.9. The zero-order valence-electron chi connectivity index (χ0n) is 13.6. The Kier molecular flexibility index (Phi) is 6.63. The summed E-state index contributed by atoms with van der Waals surface area (Å²) in [6.07, 6.45) is 2.66. The molecule has 0 aromatic rings. The van der Waals surface area contributed by atoms with Crippen LogP contribution in [0.5, 0.6) is 0 Å². The molecular formula is C16H34S. The Bertz CT molecular complexity index is 214. The molecule has 0 saturated heterocycles. The SMILES string of the molecule is CC(C)CC(C)(C)CC(C)C(C)(C)SC(C)C. The summed E-state index contributed by atoms with van der Waals surface area (Å²) in [5, 5.41) is 0.723. The van der Waals surface area contributed by atoms with E-state index in [9.17, 15) is 0 Å². The van der Waals surface area contributed by atoms with Crippen molar-refractivity contribution < 1.29 is 0 Å². The fraction of sp³-hybridized carbons (Fsp3) is 1.00. The van der Waals surface area contributed by atoms with E-state index in [1.54, 1.807) is 0 Å². The number of rotatable bonds is 7. The van der Waals surface area contributed by atoms with Crippen molar-refractivity contribution in [2.75, 3.05) is 0 Å². The molecule has 0 aliphatic rings. The van der Waals surface area contributed by atoms with Gasteiger partial charge in [0.05, 0.1) is 0 Å². The van der Waals surface area contributed by atoms with E-state index in [0.717, 1.165) is 17.1 Å². The Balaban J connectivity index is 4.46. The molecule has 1 heteroatoms. The molecule has 0 heterocycles. The van der Waals surface area contributed by atoms with Crippen LogP contribution in [0.3, 0.4) is 0 Å². The lowest BCUT2D eigenvalue weighted by Crippen LogP contribution is -2.31. The van der Waals surface area contributed by atoms with E-state index in [4.69, 9.17) is 0 Å². The van der Waals surface area contributed by atoms with E-state index in [-0.39, 0.29) is 0 Å². The van der Waals surface area contributed by atoms with Crippen molar-refractivity contribution in [2.24, 2.45) is 17.3 Å². The van der Waals surface area contributed by atoms with Gasteiger partial charge in [0.1, 0.15) is 0 Å². The molecule has 0 aromatic heterocycles. The maximum Gasteiger partial charge on any atom is 0.0132 e. The van der Waals surface area contributed by atoms with Crippen LogP contribution in [0.25, 0.3) is 0 Å². The predicted molar refractivity (Wildman–Crippen MR) is 83.8 cm³/mol. The number of thioether (sulfide) groups is 1. The fourth-order valence-electron chi connectivity index (χ4n) is 2.99. The smallest absolute Gasteiger partial charge is 0.0132 e. The zero-order valence-corrected chi connectivity index (χ0v) is 14.4. The first-order valence-corrected chi connectivity index (χ1v) is 8.02. The number of hydrogen-bond acceptors (Lipinski definition) is 1. The molecule has 0 aliphatic heterocycles. The molecule has 0 bridgehead atoms. The average molecular weight is 259 g/mol. The lowest BCUT2D eigenvalue weighted by atomic mass is 9.74. The van der Waals surface area contributed by atoms with Gasteiger partial charge >= 0.3 is 0 Å². The van der Waals surface area contributed by atoms with Crippen LogP contribution < -0.4 is 0 Å². The van der Waals surface area contributed by atoms with Gasteiger partial charge in [-0.15, -0.1) is 0 Å². The predicted octanol–water partition coefficient (Wildman–Crippen LogP) is 6.01. The van der Waals surface area contributed by atoms with Crippen molar-refractivity contribution in [1.82, 2.24) is 0 Å². The van der Waals surface area contributed by atoms with E-state index >= 15 is 0 Å². The standard InChI is InChI=1S/C16H34S/c1-12(2)10-15(6,7)11-14(5)16(8,9)17-13(3)4/h12-14H,10-11H2,1-9H3. The van der Waals surface area contributed by atoms with Crippen LogP contribution in [0.4, 0.5) is 0 Å². The summed E-state index contributed by atoms with van der Waals surface area (Å²) in [6, 6.07) is 0. The lowest BCUT2D eigenvalue weighted by molar-refractivity contribution is 0.209. The van der Waals surface area contributed by atoms with Crippen LogP contribution in [0.2, 0.25) is 0 Å². The Morgan fingerprint density at radius 3 is 1.65 bits per heavy atom. The largest absolute Gasteiger partial charge is 0.153 e. The van der Waals surface area contributed by atoms with Crippen molar-refractivity contribution in [1.29, 1.82) is 0 Å². The average Bonchev–Trinajstić information content (AvgIpc) is 1.96. The van der Waals surface area contributed by atoms with Crippen LogP contribution >= 0.6 is 11.8 Å². The summed E-state index contributed by atoms with van der Waals surface area (Å²) in [5.41, 5.74) is 0.475. The third-order valence-electron chi connectivity index (χ3n) is 3.55. The summed E-state index contributed by atoms with van der Waals surface area (Å²) in [7, 11) is 0. The molecule has 0 aromatic carbocycles. The summed E-state index contributed by atoms with van der Waals surface area (Å²) in [5.74, 6) is 1.57. The van der Waals surface area contributed by atoms with Gasteiger partial charge in [0.25, 0.3) is 0 Å². The van der Waals surface area contributed by atoms with Crippen molar-refractivity contribution in [3.63, 3.8) is 0 Å². The highest BCUT2D eigenvalue weighted by atomic mass is 32.2. The molecule has 0 fully saturated rings. The maximum absolute atomic E-state index is 2.43. The molecule has 0 radical (unpaired) electrons. The summed E-state index contributed by atoms with van der Waals surface area (Å²) in [4.78, 5) is 0. The van der Waals surface area contributed by atoms with Crippen molar-refractivity contribution in [3.8, 4) is 0 Å². The van der Waals surface area contributed by atoms with Crippen LogP contribution in [0, 0.1) is 17.3 Å². The van der Waals surface area contributed by atoms with Crippen molar-refractivity contribution in [2.45, 2.75) is 85.2 Å². The molecule has 1 atom stereocenters. The first-order valence-electron chi connectivity index (χ1n) is 7.14. The highest BCUT2D eigenvalue weighted by molar-refractivity contribution is 8.01. The van der Waals surface area contributed by atoms with Gasteiger partial charge in [-0.2, -0.15) is 11.8 Å². The molecule has 0 amide bonds. The second-order valence-electron chi connectivity index (χ2n) is 7.64. The van der Waals surface area contributed by atoms with Gasteiger partial charge in [-0.05, 0) is 35.3 Å². The van der Waals surface area contributed by atoms with Gasteiger partial charge in [-0.1, -0.05) is 62.3 Å². The summed E-state index contributed by atoms with van der Waals surface area (Å²) >= 11 is 2.12. The van der Waals surface area contributed by atoms with Gasteiger partial charge in [-0.3, -0.25) is 0 Å². The molecule has 0 nitrogen and oxygen atoms in total. The second-order valence-corrected chi connectivity index (χ2v) is 9.87. The van der Waals surface area contributed by atoms with Gasteiger partial charge in [0, 0.05) is 4.75 Å². The normalized spacial score (nSPS) is 15.7. The molecule has 0 saturated carbocycles. The Hall–Kier alpha value is 0.350. The van der Waals surface area contributed by atoms with E-state index in [2.05, 4.69) is 74.1 Å². The molecule has 0 N–H and O–H groups in total. The quantitative estimate of drug-likeness (QED) is 0.539. The van der Waals surface area contributed by atoms with E-state index in [1.807, 2.05) is 0 Å². The molecule has 0 rings (SSSR count). The molecule has 17 heavy (non-hydrogen) atoms. The fourth-order valence-corrected chi connectivity index (χ4v) is 4.52. The molecule has 1 unspecified atom stereocenters. The monoisotopic (exact) mass is 258 g/mol. The van der Waals surface area contributed by atoms with Crippen LogP contribution in [-0.4, -0.2) is 10.00 Å². The van der Waals surface area contributed by atoms with Gasteiger partial charge in [0.2, 0.25) is 0 Å². The van der Waals surface area contributed by atoms with Gasteiger partial charge in [0.15, 0.2) is 0 Å². The number of hydrogen-bond donors (Lipinski definition) is 0. The molecular weight excluding hydrogens is 224 g/mol. The molecule has 0 aliphatic carbocycles. The minimum absolute atomic E-state index is 0.391. The van der Waals surface area contributed by atoms with Crippen LogP contribution in [-0.2, 0) is 0 Å². The maximum atomic E-state index is 2.43. The Morgan fingerprint density at radius 2 is 1.29 bits per heavy atom. The first kappa shape index (κ1) is 17.4. The van der Waals surface area contributed by atoms with Crippen molar-refractivity contribution in [3.05, 3.63) is 0 Å². The van der Waals surface area contributed by atoms with E-state index in [0.29, 0.717) is 10.2 Å². The van der Waals surface area contributed by atoms with E-state index < -0.39 is 0 Å². The summed E-state index contributed by atoms with van der Waals surface area (Å²) in [6.45, 7) is 21.4. The van der Waals surface area contributed by atoms with E-state index in [1.165, 1.54) is 12.8 Å². The summed E-state index contributed by atoms with van der Waals surface area (Å²) < 4.78 is 0.391. The minimum atomic E-state index is 0.391. The van der Waals surface area contributed by atoms with Crippen molar-refractivity contribution >= 4 is 11.8 Å². The van der Waals surface area contributed by atoms with Gasteiger partial charge < -0.3 is 0 Å².